The summed E-state index contributed by atoms with van der Waals surface area (Å²) in [5.41, 5.74) is 1.64. The summed E-state index contributed by atoms with van der Waals surface area (Å²) in [4.78, 5) is 4.35. The van der Waals surface area contributed by atoms with Crippen molar-refractivity contribution in [3.8, 4) is 0 Å². The van der Waals surface area contributed by atoms with Crippen LogP contribution in [-0.2, 0) is 11.2 Å². The Labute approximate surface area is 151 Å². The van der Waals surface area contributed by atoms with E-state index in [4.69, 9.17) is 16.3 Å². The molecule has 0 unspecified atom stereocenters. The van der Waals surface area contributed by atoms with E-state index in [0.717, 1.165) is 43.5 Å². The number of nitrogens with one attached hydrogen (secondary N) is 2. The number of halogens is 1. The minimum absolute atomic E-state index is 0.365. The van der Waals surface area contributed by atoms with Crippen molar-refractivity contribution in [1.82, 2.24) is 10.6 Å². The highest BCUT2D eigenvalue weighted by atomic mass is 35.5. The van der Waals surface area contributed by atoms with Crippen LogP contribution in [0.5, 0.6) is 0 Å². The van der Waals surface area contributed by atoms with Gasteiger partial charge in [0.05, 0.1) is 0 Å². The molecule has 1 aromatic carbocycles. The van der Waals surface area contributed by atoms with E-state index in [0.29, 0.717) is 5.41 Å². The van der Waals surface area contributed by atoms with Crippen molar-refractivity contribution in [1.29, 1.82) is 0 Å². The topological polar surface area (TPSA) is 45.7 Å². The Morgan fingerprint density at radius 3 is 2.54 bits per heavy atom. The molecular weight excluding hydrogens is 322 g/mol. The predicted octanol–water partition coefficient (Wildman–Crippen LogP) is 3.64. The fourth-order valence-corrected chi connectivity index (χ4v) is 3.55. The third-order valence-electron chi connectivity index (χ3n) is 4.97. The molecule has 5 heteroatoms. The smallest absolute Gasteiger partial charge is 0.191 e. The van der Waals surface area contributed by atoms with E-state index in [2.05, 4.69) is 27.8 Å². The maximum absolute atomic E-state index is 5.92. The van der Waals surface area contributed by atoms with Crippen molar-refractivity contribution < 1.29 is 4.74 Å². The maximum Gasteiger partial charge on any atom is 0.191 e. The zero-order chi connectivity index (χ0) is 17.3. The highest BCUT2D eigenvalue weighted by Crippen LogP contribution is 2.40. The molecular formula is C19H30ClN3O. The summed E-state index contributed by atoms with van der Waals surface area (Å²) >= 11 is 5.92. The van der Waals surface area contributed by atoms with Crippen LogP contribution in [0.4, 0.5) is 0 Å². The molecule has 0 radical (unpaired) electrons. The van der Waals surface area contributed by atoms with Crippen molar-refractivity contribution in [2.75, 3.05) is 33.9 Å². The number of benzene rings is 1. The second-order valence-corrected chi connectivity index (χ2v) is 7.12. The van der Waals surface area contributed by atoms with Crippen LogP contribution in [0.15, 0.2) is 29.3 Å². The summed E-state index contributed by atoms with van der Waals surface area (Å²) in [6.45, 7) is 2.66. The van der Waals surface area contributed by atoms with Gasteiger partial charge in [0.25, 0.3) is 0 Å². The Bertz CT molecular complexity index is 510. The molecule has 0 aromatic heterocycles. The van der Waals surface area contributed by atoms with Crippen molar-refractivity contribution in [3.63, 3.8) is 0 Å². The first-order chi connectivity index (χ1) is 11.7. The molecule has 1 saturated carbocycles. The number of nitrogens with zero attached hydrogens (tertiary/aromatic N) is 1. The predicted molar refractivity (Wildman–Crippen MR) is 102 cm³/mol. The molecule has 0 amide bonds. The molecule has 1 aliphatic carbocycles. The number of methoxy groups -OCH3 is 1. The van der Waals surface area contributed by atoms with Crippen LogP contribution in [-0.4, -0.2) is 39.8 Å². The third-order valence-corrected chi connectivity index (χ3v) is 5.23. The van der Waals surface area contributed by atoms with E-state index in [1.807, 2.05) is 19.2 Å². The molecule has 0 spiro atoms. The summed E-state index contributed by atoms with van der Waals surface area (Å²) in [5.74, 6) is 0.882. The van der Waals surface area contributed by atoms with Gasteiger partial charge in [-0.15, -0.1) is 0 Å². The molecule has 0 heterocycles. The molecule has 1 aliphatic rings. The van der Waals surface area contributed by atoms with Crippen LogP contribution in [0.2, 0.25) is 5.02 Å². The van der Waals surface area contributed by atoms with E-state index in [-0.39, 0.29) is 0 Å². The Morgan fingerprint density at radius 1 is 1.21 bits per heavy atom. The molecule has 0 aliphatic heterocycles. The van der Waals surface area contributed by atoms with Gasteiger partial charge in [-0.2, -0.15) is 0 Å². The van der Waals surface area contributed by atoms with Crippen molar-refractivity contribution in [2.24, 2.45) is 10.4 Å². The summed E-state index contributed by atoms with van der Waals surface area (Å²) < 4.78 is 5.30. The summed E-state index contributed by atoms with van der Waals surface area (Å²) in [6, 6.07) is 8.00. The number of ether oxygens (including phenoxy) is 1. The zero-order valence-electron chi connectivity index (χ0n) is 14.9. The highest BCUT2D eigenvalue weighted by molar-refractivity contribution is 6.30. The molecule has 1 fully saturated rings. The van der Waals surface area contributed by atoms with Gasteiger partial charge < -0.3 is 15.4 Å². The van der Waals surface area contributed by atoms with Gasteiger partial charge in [0, 0.05) is 38.9 Å². The van der Waals surface area contributed by atoms with Gasteiger partial charge in [-0.05, 0) is 48.8 Å². The lowest BCUT2D eigenvalue weighted by molar-refractivity contribution is 0.138. The average molecular weight is 352 g/mol. The lowest BCUT2D eigenvalue weighted by Crippen LogP contribution is -2.43. The average Bonchev–Trinajstić information content (AvgIpc) is 3.07. The minimum Gasteiger partial charge on any atom is -0.385 e. The van der Waals surface area contributed by atoms with Crippen LogP contribution >= 0.6 is 11.6 Å². The minimum atomic E-state index is 0.365. The first-order valence-corrected chi connectivity index (χ1v) is 9.23. The standard InChI is InChI=1S/C19H30ClN3O/c1-21-18(22-13-9-16-5-7-17(20)8-6-16)23-15-19(12-14-24-2)10-3-4-11-19/h5-8H,3-4,9-15H2,1-2H3,(H2,21,22,23). The molecule has 2 N–H and O–H groups in total. The molecule has 0 saturated heterocycles. The molecule has 2 rings (SSSR count). The monoisotopic (exact) mass is 351 g/mol. The molecule has 4 nitrogen and oxygen atoms in total. The van der Waals surface area contributed by atoms with Gasteiger partial charge in [0.15, 0.2) is 5.96 Å². The van der Waals surface area contributed by atoms with E-state index >= 15 is 0 Å². The zero-order valence-corrected chi connectivity index (χ0v) is 15.7. The quantitative estimate of drug-likeness (QED) is 0.555. The largest absolute Gasteiger partial charge is 0.385 e. The number of guanidine groups is 1. The summed E-state index contributed by atoms with van der Waals surface area (Å²) in [7, 11) is 3.61. The molecule has 0 bridgehead atoms. The number of aliphatic imine (C=N–C) groups is 1. The van der Waals surface area contributed by atoms with Crippen LogP contribution < -0.4 is 10.6 Å². The van der Waals surface area contributed by atoms with E-state index in [1.54, 1.807) is 7.11 Å². The Balaban J connectivity index is 1.76. The van der Waals surface area contributed by atoms with Crippen LogP contribution in [0.1, 0.15) is 37.7 Å². The normalized spacial score (nSPS) is 17.0. The third kappa shape index (κ3) is 5.99. The Kier molecular flexibility index (Phi) is 7.86. The second kappa shape index (κ2) is 9.90. The van der Waals surface area contributed by atoms with Gasteiger partial charge in [-0.3, -0.25) is 4.99 Å². The van der Waals surface area contributed by atoms with Crippen molar-refractivity contribution >= 4 is 17.6 Å². The van der Waals surface area contributed by atoms with Gasteiger partial charge >= 0.3 is 0 Å². The van der Waals surface area contributed by atoms with Gasteiger partial charge in [-0.1, -0.05) is 36.6 Å². The van der Waals surface area contributed by atoms with Gasteiger partial charge in [-0.25, -0.2) is 0 Å². The highest BCUT2D eigenvalue weighted by Gasteiger charge is 2.33. The van der Waals surface area contributed by atoms with Gasteiger partial charge in [0.2, 0.25) is 0 Å². The molecule has 24 heavy (non-hydrogen) atoms. The van der Waals surface area contributed by atoms with E-state index in [1.165, 1.54) is 31.2 Å². The maximum atomic E-state index is 5.92. The Morgan fingerprint density at radius 2 is 1.92 bits per heavy atom. The fourth-order valence-electron chi connectivity index (χ4n) is 3.43. The number of rotatable bonds is 8. The second-order valence-electron chi connectivity index (χ2n) is 6.68. The van der Waals surface area contributed by atoms with Crippen LogP contribution in [0.3, 0.4) is 0 Å². The molecule has 1 aromatic rings. The van der Waals surface area contributed by atoms with Gasteiger partial charge in [0.1, 0.15) is 0 Å². The fraction of sp³-hybridized carbons (Fsp3) is 0.632. The van der Waals surface area contributed by atoms with Crippen LogP contribution in [0.25, 0.3) is 0 Å². The molecule has 0 atom stereocenters. The summed E-state index contributed by atoms with van der Waals surface area (Å²) in [6.07, 6.45) is 7.29. The Hall–Kier alpha value is -1.26. The van der Waals surface area contributed by atoms with E-state index in [9.17, 15) is 0 Å². The first kappa shape index (κ1) is 19.1. The number of hydrogen-bond acceptors (Lipinski definition) is 2. The van der Waals surface area contributed by atoms with E-state index < -0.39 is 0 Å². The first-order valence-electron chi connectivity index (χ1n) is 8.85. The molecule has 134 valence electrons. The van der Waals surface area contributed by atoms with Crippen molar-refractivity contribution in [3.05, 3.63) is 34.9 Å². The number of hydrogen-bond donors (Lipinski definition) is 2. The lowest BCUT2D eigenvalue weighted by Gasteiger charge is -2.30. The summed E-state index contributed by atoms with van der Waals surface area (Å²) in [5, 5.41) is 7.70. The van der Waals surface area contributed by atoms with Crippen LogP contribution in [0, 0.1) is 5.41 Å². The van der Waals surface area contributed by atoms with Crippen molar-refractivity contribution in [2.45, 2.75) is 38.5 Å². The SMILES string of the molecule is CN=C(NCCc1ccc(Cl)cc1)NCC1(CCOC)CCCC1. The lowest BCUT2D eigenvalue weighted by atomic mass is 9.83.